The smallest absolute Gasteiger partial charge is 0.253 e. The molecular formula is C11H17N3O. The number of aromatic nitrogens is 1. The first-order valence-corrected chi connectivity index (χ1v) is 4.90. The first kappa shape index (κ1) is 11.7. The third-order valence-electron chi connectivity index (χ3n) is 2.14. The van der Waals surface area contributed by atoms with Gasteiger partial charge in [0.1, 0.15) is 0 Å². The summed E-state index contributed by atoms with van der Waals surface area (Å²) in [5.74, 6) is -0.141. The number of nitrogens with two attached hydrogens (primary N) is 1. The molecule has 0 saturated carbocycles. The van der Waals surface area contributed by atoms with Crippen LogP contribution in [-0.2, 0) is 0 Å². The first-order chi connectivity index (χ1) is 6.94. The fourth-order valence-electron chi connectivity index (χ4n) is 1.03. The van der Waals surface area contributed by atoms with Gasteiger partial charge in [0.2, 0.25) is 0 Å². The van der Waals surface area contributed by atoms with Crippen molar-refractivity contribution in [1.29, 1.82) is 0 Å². The summed E-state index contributed by atoms with van der Waals surface area (Å²) >= 11 is 0. The number of pyridine rings is 1. The molecule has 4 heteroatoms. The number of carbonyl (C=O) groups is 1. The number of nitrogens with one attached hydrogen (secondary N) is 1. The Balaban J connectivity index is 2.74. The third kappa shape index (κ3) is 3.32. The second kappa shape index (κ2) is 4.40. The molecule has 0 atom stereocenters. The zero-order valence-corrected chi connectivity index (χ0v) is 9.37. The van der Waals surface area contributed by atoms with Gasteiger partial charge in [-0.2, -0.15) is 0 Å². The number of aryl methyl sites for hydroxylation is 1. The van der Waals surface area contributed by atoms with Gasteiger partial charge in [0.05, 0.1) is 5.56 Å². The van der Waals surface area contributed by atoms with E-state index in [1.165, 1.54) is 0 Å². The third-order valence-corrected chi connectivity index (χ3v) is 2.14. The molecule has 0 fully saturated rings. The number of amides is 1. The predicted octanol–water partition coefficient (Wildman–Crippen LogP) is 0.857. The van der Waals surface area contributed by atoms with Gasteiger partial charge >= 0.3 is 0 Å². The van der Waals surface area contributed by atoms with Crippen molar-refractivity contribution in [3.8, 4) is 0 Å². The quantitative estimate of drug-likeness (QED) is 0.772. The molecule has 1 amide bonds. The van der Waals surface area contributed by atoms with Gasteiger partial charge in [0.15, 0.2) is 0 Å². The lowest BCUT2D eigenvalue weighted by atomic mass is 10.1. The van der Waals surface area contributed by atoms with Crippen molar-refractivity contribution in [3.63, 3.8) is 0 Å². The molecule has 1 aromatic rings. The highest BCUT2D eigenvalue weighted by Crippen LogP contribution is 2.04. The highest BCUT2D eigenvalue weighted by Gasteiger charge is 2.19. The lowest BCUT2D eigenvalue weighted by molar-refractivity contribution is 0.0915. The molecule has 4 nitrogen and oxygen atoms in total. The van der Waals surface area contributed by atoms with Gasteiger partial charge in [-0.1, -0.05) is 0 Å². The van der Waals surface area contributed by atoms with Gasteiger partial charge in [0, 0.05) is 24.0 Å². The SMILES string of the molecule is Cc1ccc(C(=O)NC(C)(C)CN)cn1. The molecule has 0 saturated heterocycles. The fraction of sp³-hybridized carbons (Fsp3) is 0.455. The summed E-state index contributed by atoms with van der Waals surface area (Å²) in [6.07, 6.45) is 1.57. The minimum Gasteiger partial charge on any atom is -0.346 e. The molecule has 1 rings (SSSR count). The van der Waals surface area contributed by atoms with Crippen LogP contribution in [0.4, 0.5) is 0 Å². The minimum absolute atomic E-state index is 0.141. The molecule has 1 heterocycles. The first-order valence-electron chi connectivity index (χ1n) is 4.90. The second-order valence-corrected chi connectivity index (χ2v) is 4.23. The van der Waals surface area contributed by atoms with E-state index in [-0.39, 0.29) is 11.4 Å². The van der Waals surface area contributed by atoms with Gasteiger partial charge in [0.25, 0.3) is 5.91 Å². The molecule has 82 valence electrons. The molecule has 0 radical (unpaired) electrons. The van der Waals surface area contributed by atoms with E-state index in [9.17, 15) is 4.79 Å². The second-order valence-electron chi connectivity index (χ2n) is 4.23. The molecule has 0 aliphatic carbocycles. The monoisotopic (exact) mass is 207 g/mol. The molecule has 0 aliphatic heterocycles. The summed E-state index contributed by atoms with van der Waals surface area (Å²) in [5, 5.41) is 2.84. The van der Waals surface area contributed by atoms with Crippen LogP contribution in [-0.4, -0.2) is 23.0 Å². The lowest BCUT2D eigenvalue weighted by Crippen LogP contribution is -2.48. The Morgan fingerprint density at radius 1 is 1.53 bits per heavy atom. The van der Waals surface area contributed by atoms with Crippen molar-refractivity contribution < 1.29 is 4.79 Å². The maximum atomic E-state index is 11.7. The fourth-order valence-corrected chi connectivity index (χ4v) is 1.03. The van der Waals surface area contributed by atoms with Gasteiger partial charge in [-0.05, 0) is 32.9 Å². The number of rotatable bonds is 3. The molecule has 15 heavy (non-hydrogen) atoms. The van der Waals surface area contributed by atoms with Crippen LogP contribution in [0.5, 0.6) is 0 Å². The molecule has 0 bridgehead atoms. The van der Waals surface area contributed by atoms with Crippen LogP contribution < -0.4 is 11.1 Å². The van der Waals surface area contributed by atoms with Gasteiger partial charge in [-0.15, -0.1) is 0 Å². The van der Waals surface area contributed by atoms with Crippen LogP contribution >= 0.6 is 0 Å². The van der Waals surface area contributed by atoms with Gasteiger partial charge in [-0.25, -0.2) is 0 Å². The van der Waals surface area contributed by atoms with E-state index in [4.69, 9.17) is 5.73 Å². The van der Waals surface area contributed by atoms with Crippen molar-refractivity contribution in [2.24, 2.45) is 5.73 Å². The molecule has 0 unspecified atom stereocenters. The lowest BCUT2D eigenvalue weighted by Gasteiger charge is -2.24. The summed E-state index contributed by atoms with van der Waals surface area (Å²) in [4.78, 5) is 15.8. The normalized spacial score (nSPS) is 11.2. The Hall–Kier alpha value is -1.42. The molecule has 0 spiro atoms. The standard InChI is InChI=1S/C11H17N3O/c1-8-4-5-9(6-13-8)10(15)14-11(2,3)7-12/h4-6H,7,12H2,1-3H3,(H,14,15). The van der Waals surface area contributed by atoms with Crippen LogP contribution in [0, 0.1) is 6.92 Å². The summed E-state index contributed by atoms with van der Waals surface area (Å²) in [6.45, 7) is 6.04. The highest BCUT2D eigenvalue weighted by atomic mass is 16.1. The van der Waals surface area contributed by atoms with E-state index in [1.807, 2.05) is 26.8 Å². The summed E-state index contributed by atoms with van der Waals surface area (Å²) in [7, 11) is 0. The number of nitrogens with zero attached hydrogens (tertiary/aromatic N) is 1. The van der Waals surface area contributed by atoms with Crippen LogP contribution in [0.25, 0.3) is 0 Å². The maximum Gasteiger partial charge on any atom is 0.253 e. The minimum atomic E-state index is -0.387. The largest absolute Gasteiger partial charge is 0.346 e. The van der Waals surface area contributed by atoms with Crippen LogP contribution in [0.1, 0.15) is 29.9 Å². The number of hydrogen-bond acceptors (Lipinski definition) is 3. The Morgan fingerprint density at radius 3 is 2.67 bits per heavy atom. The molecule has 0 aliphatic rings. The molecule has 3 N–H and O–H groups in total. The zero-order chi connectivity index (χ0) is 11.5. The van der Waals surface area contributed by atoms with Gasteiger partial charge in [-0.3, -0.25) is 9.78 Å². The van der Waals surface area contributed by atoms with Crippen molar-refractivity contribution in [2.45, 2.75) is 26.3 Å². The Kier molecular flexibility index (Phi) is 3.42. The molecular weight excluding hydrogens is 190 g/mol. The van der Waals surface area contributed by atoms with E-state index in [2.05, 4.69) is 10.3 Å². The van der Waals surface area contributed by atoms with E-state index < -0.39 is 0 Å². The van der Waals surface area contributed by atoms with E-state index in [1.54, 1.807) is 12.3 Å². The zero-order valence-electron chi connectivity index (χ0n) is 9.37. The molecule has 1 aromatic heterocycles. The highest BCUT2D eigenvalue weighted by molar-refractivity contribution is 5.94. The summed E-state index contributed by atoms with van der Waals surface area (Å²) in [5.41, 5.74) is 6.59. The van der Waals surface area contributed by atoms with Crippen molar-refractivity contribution in [2.75, 3.05) is 6.54 Å². The predicted molar refractivity (Wildman–Crippen MR) is 59.6 cm³/mol. The van der Waals surface area contributed by atoms with Crippen LogP contribution in [0.15, 0.2) is 18.3 Å². The Bertz CT molecular complexity index is 343. The topological polar surface area (TPSA) is 68.0 Å². The van der Waals surface area contributed by atoms with Crippen LogP contribution in [0.2, 0.25) is 0 Å². The average molecular weight is 207 g/mol. The summed E-state index contributed by atoms with van der Waals surface area (Å²) < 4.78 is 0. The van der Waals surface area contributed by atoms with E-state index in [0.717, 1.165) is 5.69 Å². The average Bonchev–Trinajstić information content (AvgIpc) is 2.18. The maximum absolute atomic E-state index is 11.7. The summed E-state index contributed by atoms with van der Waals surface area (Å²) in [6, 6.07) is 3.56. The Morgan fingerprint density at radius 2 is 2.20 bits per heavy atom. The number of carbonyl (C=O) groups excluding carboxylic acids is 1. The van der Waals surface area contributed by atoms with Gasteiger partial charge < -0.3 is 11.1 Å². The Labute approximate surface area is 89.9 Å². The van der Waals surface area contributed by atoms with Crippen LogP contribution in [0.3, 0.4) is 0 Å². The van der Waals surface area contributed by atoms with Crippen molar-refractivity contribution in [1.82, 2.24) is 10.3 Å². The van der Waals surface area contributed by atoms with E-state index in [0.29, 0.717) is 12.1 Å². The van der Waals surface area contributed by atoms with Crippen molar-refractivity contribution >= 4 is 5.91 Å². The van der Waals surface area contributed by atoms with Crippen molar-refractivity contribution in [3.05, 3.63) is 29.6 Å². The number of hydrogen-bond donors (Lipinski definition) is 2. The van der Waals surface area contributed by atoms with E-state index >= 15 is 0 Å². The molecule has 0 aromatic carbocycles.